The van der Waals surface area contributed by atoms with Crippen molar-refractivity contribution in [3.05, 3.63) is 233 Å². The van der Waals surface area contributed by atoms with E-state index in [4.69, 9.17) is 0 Å². The molecule has 5 atom stereocenters. The molecule has 0 saturated carbocycles. The van der Waals surface area contributed by atoms with Gasteiger partial charge in [-0.15, -0.1) is 0 Å². The standard InChI is InChI=1S/C66H76BN3/c1-7-12-18-26-49(6)68(55(10-4)32-19-13-8-2)58-40-44-62-60-42-38-51(46-64(60)70(66(62)48-58)57-33-24-17-25-34-57)36-35-50-37-41-59-61-43-39-54(47-65(61)69(63(59)45-50)56(11-5)31-14-9-3)67(52-27-20-15-21-28-52)53-29-22-16-23-30-53/h9,11,13-15,17-22,24-27,29-34,37-45,49,52,54,58,64H,3,7-8,10,12,16,23,28,35-36,46-48H2,1-2,4-6H3/b19-13-,26-18-,31-14-,55-32+,56-11+. The molecule has 9 rings (SSSR count). The molecule has 5 unspecified atom stereocenters. The van der Waals surface area contributed by atoms with Gasteiger partial charge in [0.2, 0.25) is 0 Å². The SMILES string of the molecule is C=C/C=C\C(=C/C)n1c2c(c3ccc(CCC4=CC=C5C6=C(CC(N(/C(=C/C=C\CC)CC)C(C)/C=C\CCC)C=C6)N(c6ccccc6)C5C4)cc31)C=CC(B(C1=CCCC=C1)C1C=CC=CC1)C2. The van der Waals surface area contributed by atoms with Gasteiger partial charge < -0.3 is 14.4 Å². The van der Waals surface area contributed by atoms with Gasteiger partial charge in [0, 0.05) is 51.9 Å². The maximum atomic E-state index is 4.05. The van der Waals surface area contributed by atoms with Crippen LogP contribution in [0.4, 0.5) is 5.69 Å². The third-order valence-corrected chi connectivity index (χ3v) is 15.6. The fourth-order valence-electron chi connectivity index (χ4n) is 12.3. The van der Waals surface area contributed by atoms with E-state index in [0.717, 1.165) is 70.6 Å². The van der Waals surface area contributed by atoms with Crippen molar-refractivity contribution >= 4 is 35.1 Å². The number of benzene rings is 2. The number of allylic oxidation sites excluding steroid dienone is 22. The first-order chi connectivity index (χ1) is 34.5. The van der Waals surface area contributed by atoms with Crippen LogP contribution in [0.5, 0.6) is 0 Å². The van der Waals surface area contributed by atoms with Crippen molar-refractivity contribution in [1.82, 2.24) is 9.47 Å². The minimum atomic E-state index is 0.260. The van der Waals surface area contributed by atoms with Crippen LogP contribution in [0.15, 0.2) is 216 Å². The molecule has 3 nitrogen and oxygen atoms in total. The van der Waals surface area contributed by atoms with E-state index < -0.39 is 0 Å². The van der Waals surface area contributed by atoms with Crippen molar-refractivity contribution in [3.63, 3.8) is 0 Å². The Balaban J connectivity index is 0.998. The quantitative estimate of drug-likeness (QED) is 0.0674. The molecule has 70 heavy (non-hydrogen) atoms. The van der Waals surface area contributed by atoms with Crippen LogP contribution in [-0.2, 0) is 12.8 Å². The van der Waals surface area contributed by atoms with Crippen LogP contribution in [0.25, 0.3) is 22.7 Å². The van der Waals surface area contributed by atoms with E-state index in [2.05, 4.69) is 232 Å². The predicted octanol–water partition coefficient (Wildman–Crippen LogP) is 17.3. The van der Waals surface area contributed by atoms with Crippen LogP contribution >= 0.6 is 0 Å². The van der Waals surface area contributed by atoms with E-state index in [1.165, 1.54) is 79.1 Å². The lowest BCUT2D eigenvalue weighted by atomic mass is 9.28. The lowest BCUT2D eigenvalue weighted by molar-refractivity contribution is 0.247. The Kier molecular flexibility index (Phi) is 16.1. The van der Waals surface area contributed by atoms with Gasteiger partial charge >= 0.3 is 0 Å². The Morgan fingerprint density at radius 1 is 0.886 bits per heavy atom. The number of anilines is 1. The summed E-state index contributed by atoms with van der Waals surface area (Å²) in [5, 5.41) is 1.34. The van der Waals surface area contributed by atoms with Crippen molar-refractivity contribution < 1.29 is 0 Å². The van der Waals surface area contributed by atoms with Crippen LogP contribution in [0.3, 0.4) is 0 Å². The Labute approximate surface area is 422 Å². The molecule has 4 heteroatoms. The van der Waals surface area contributed by atoms with E-state index in [9.17, 15) is 0 Å². The van der Waals surface area contributed by atoms with Gasteiger partial charge in [-0.3, -0.25) is 0 Å². The van der Waals surface area contributed by atoms with Gasteiger partial charge in [-0.25, -0.2) is 0 Å². The second kappa shape index (κ2) is 23.1. The average Bonchev–Trinajstić information content (AvgIpc) is 3.90. The second-order valence-corrected chi connectivity index (χ2v) is 20.1. The summed E-state index contributed by atoms with van der Waals surface area (Å²) in [5.74, 6) is 0.899. The van der Waals surface area contributed by atoms with Crippen LogP contribution in [0.2, 0.25) is 11.6 Å². The zero-order valence-corrected chi connectivity index (χ0v) is 42.8. The number of rotatable bonds is 19. The first kappa shape index (κ1) is 48.8. The summed E-state index contributed by atoms with van der Waals surface area (Å²) < 4.78 is 2.58. The molecule has 2 heterocycles. The molecule has 1 aromatic heterocycles. The summed E-state index contributed by atoms with van der Waals surface area (Å²) in [6.07, 6.45) is 64.5. The Hall–Kier alpha value is -6.26. The number of para-hydroxylation sites is 1. The average molecular weight is 922 g/mol. The summed E-state index contributed by atoms with van der Waals surface area (Å²) in [5.41, 5.74) is 16.8. The molecular formula is C66H76BN3. The van der Waals surface area contributed by atoms with Gasteiger partial charge in [0.15, 0.2) is 6.71 Å². The number of hydrogen-bond donors (Lipinski definition) is 0. The third kappa shape index (κ3) is 10.3. The fourth-order valence-corrected chi connectivity index (χ4v) is 12.3. The molecule has 3 aromatic rings. The molecule has 0 fully saturated rings. The zero-order valence-electron chi connectivity index (χ0n) is 42.8. The molecule has 0 amide bonds. The highest BCUT2D eigenvalue weighted by atomic mass is 15.2. The van der Waals surface area contributed by atoms with Crippen LogP contribution in [-0.4, -0.2) is 34.3 Å². The van der Waals surface area contributed by atoms with E-state index in [1.807, 2.05) is 6.08 Å². The van der Waals surface area contributed by atoms with Gasteiger partial charge in [-0.2, -0.15) is 0 Å². The highest BCUT2D eigenvalue weighted by molar-refractivity contribution is 6.71. The molecule has 0 N–H and O–H groups in total. The van der Waals surface area contributed by atoms with E-state index in [-0.39, 0.29) is 18.1 Å². The number of fused-ring (bicyclic) bond motifs is 5. The molecule has 358 valence electrons. The second-order valence-electron chi connectivity index (χ2n) is 20.1. The monoisotopic (exact) mass is 922 g/mol. The lowest BCUT2D eigenvalue weighted by Crippen LogP contribution is -2.42. The summed E-state index contributed by atoms with van der Waals surface area (Å²) in [6, 6.07) is 19.4. The number of aryl methyl sites for hydroxylation is 1. The summed E-state index contributed by atoms with van der Waals surface area (Å²) in [7, 11) is 0. The van der Waals surface area contributed by atoms with Crippen LogP contribution in [0.1, 0.15) is 116 Å². The van der Waals surface area contributed by atoms with Crippen LogP contribution < -0.4 is 4.90 Å². The summed E-state index contributed by atoms with van der Waals surface area (Å²) >= 11 is 0. The maximum Gasteiger partial charge on any atom is 0.190 e. The zero-order chi connectivity index (χ0) is 48.4. The Bertz CT molecular complexity index is 2830. The smallest absolute Gasteiger partial charge is 0.190 e. The first-order valence-electron chi connectivity index (χ1n) is 26.9. The van der Waals surface area contributed by atoms with Crippen molar-refractivity contribution in [3.8, 4) is 0 Å². The fraction of sp³-hybridized carbons (Fsp3) is 0.333. The highest BCUT2D eigenvalue weighted by Crippen LogP contribution is 2.48. The van der Waals surface area contributed by atoms with Crippen molar-refractivity contribution in [2.75, 3.05) is 4.90 Å². The van der Waals surface area contributed by atoms with Gasteiger partial charge in [0.05, 0.1) is 17.6 Å². The normalized spacial score (nSPS) is 22.5. The molecule has 0 spiro atoms. The minimum absolute atomic E-state index is 0.260. The van der Waals surface area contributed by atoms with Gasteiger partial charge in [-0.1, -0.05) is 197 Å². The minimum Gasteiger partial charge on any atom is -0.362 e. The molecule has 0 radical (unpaired) electrons. The molecule has 1 aliphatic heterocycles. The van der Waals surface area contributed by atoms with Gasteiger partial charge in [0.1, 0.15) is 0 Å². The largest absolute Gasteiger partial charge is 0.362 e. The van der Waals surface area contributed by atoms with Crippen molar-refractivity contribution in [2.45, 2.75) is 141 Å². The molecule has 2 aromatic carbocycles. The van der Waals surface area contributed by atoms with E-state index in [0.29, 0.717) is 18.3 Å². The first-order valence-corrected chi connectivity index (χ1v) is 26.9. The Morgan fingerprint density at radius 3 is 2.53 bits per heavy atom. The third-order valence-electron chi connectivity index (χ3n) is 15.6. The molecule has 0 bridgehead atoms. The van der Waals surface area contributed by atoms with Crippen molar-refractivity contribution in [2.24, 2.45) is 0 Å². The molecule has 0 saturated heterocycles. The molecule has 5 aliphatic carbocycles. The lowest BCUT2D eigenvalue weighted by Gasteiger charge is -2.40. The van der Waals surface area contributed by atoms with Gasteiger partial charge in [-0.05, 0) is 137 Å². The highest BCUT2D eigenvalue weighted by Gasteiger charge is 2.41. The molecular weight excluding hydrogens is 846 g/mol. The Morgan fingerprint density at radius 2 is 1.77 bits per heavy atom. The van der Waals surface area contributed by atoms with E-state index in [1.54, 1.807) is 0 Å². The van der Waals surface area contributed by atoms with Crippen LogP contribution in [0, 0.1) is 0 Å². The van der Waals surface area contributed by atoms with Crippen molar-refractivity contribution in [1.29, 1.82) is 0 Å². The number of aromatic nitrogens is 1. The number of nitrogens with zero attached hydrogens (tertiary/aromatic N) is 3. The maximum absolute atomic E-state index is 4.05. The summed E-state index contributed by atoms with van der Waals surface area (Å²) in [6.45, 7) is 15.8. The predicted molar refractivity (Wildman–Crippen MR) is 306 cm³/mol. The van der Waals surface area contributed by atoms with E-state index >= 15 is 0 Å². The topological polar surface area (TPSA) is 11.4 Å². The number of unbranched alkanes of at least 4 members (excludes halogenated alkanes) is 1. The van der Waals surface area contributed by atoms with Gasteiger partial charge in [0.25, 0.3) is 0 Å². The summed E-state index contributed by atoms with van der Waals surface area (Å²) in [4.78, 5) is 5.40. The number of hydrogen-bond acceptors (Lipinski definition) is 2. The molecule has 6 aliphatic rings.